The van der Waals surface area contributed by atoms with Gasteiger partial charge in [0, 0.05) is 16.6 Å². The van der Waals surface area contributed by atoms with Gasteiger partial charge in [0.2, 0.25) is 0 Å². The predicted molar refractivity (Wildman–Crippen MR) is 86.3 cm³/mol. The summed E-state index contributed by atoms with van der Waals surface area (Å²) in [4.78, 5) is 24.4. The molecule has 3 rings (SSSR count). The first-order valence-electron chi connectivity index (χ1n) is 7.10. The Hall–Kier alpha value is -2.33. The Bertz CT molecular complexity index is 709. The molecule has 2 aromatic rings. The van der Waals surface area contributed by atoms with Gasteiger partial charge in [0.1, 0.15) is 0 Å². The van der Waals surface area contributed by atoms with E-state index < -0.39 is 0 Å². The Balaban J connectivity index is 1.78. The van der Waals surface area contributed by atoms with Crippen LogP contribution >= 0.6 is 11.6 Å². The second-order valence-corrected chi connectivity index (χ2v) is 5.69. The van der Waals surface area contributed by atoms with E-state index in [1.54, 1.807) is 48.5 Å². The summed E-state index contributed by atoms with van der Waals surface area (Å²) in [6.07, 6.45) is 2.04. The van der Waals surface area contributed by atoms with Gasteiger partial charge in [-0.2, -0.15) is 0 Å². The second-order valence-electron chi connectivity index (χ2n) is 5.25. The number of carbonyl (C=O) groups excluding carboxylic acids is 2. The maximum absolute atomic E-state index is 12.2. The first-order valence-corrected chi connectivity index (χ1v) is 7.48. The van der Waals surface area contributed by atoms with Crippen molar-refractivity contribution in [1.29, 1.82) is 0 Å². The van der Waals surface area contributed by atoms with E-state index in [1.807, 2.05) is 0 Å². The molecule has 1 fully saturated rings. The maximum atomic E-state index is 12.2. The molecule has 0 radical (unpaired) electrons. The molecule has 0 aliphatic heterocycles. The van der Waals surface area contributed by atoms with E-state index in [1.165, 1.54) is 0 Å². The van der Waals surface area contributed by atoms with Gasteiger partial charge in [-0.25, -0.2) is 0 Å². The molecule has 0 spiro atoms. The number of para-hydroxylation sites is 1. The summed E-state index contributed by atoms with van der Waals surface area (Å²) in [5.74, 6) is -0.433. The van der Waals surface area contributed by atoms with Crippen LogP contribution < -0.4 is 10.6 Å². The Morgan fingerprint density at radius 3 is 2.32 bits per heavy atom. The first-order chi connectivity index (χ1) is 10.6. The van der Waals surface area contributed by atoms with E-state index in [4.69, 9.17) is 11.6 Å². The number of rotatable bonds is 4. The van der Waals surface area contributed by atoms with Crippen molar-refractivity contribution in [1.82, 2.24) is 5.32 Å². The van der Waals surface area contributed by atoms with E-state index in [0.29, 0.717) is 21.8 Å². The number of halogens is 1. The average molecular weight is 315 g/mol. The van der Waals surface area contributed by atoms with Gasteiger partial charge in [-0.1, -0.05) is 23.7 Å². The lowest BCUT2D eigenvalue weighted by molar-refractivity contribution is 0.0952. The number of hydrogen-bond donors (Lipinski definition) is 2. The van der Waals surface area contributed by atoms with Crippen molar-refractivity contribution in [2.45, 2.75) is 18.9 Å². The van der Waals surface area contributed by atoms with E-state index in [9.17, 15) is 9.59 Å². The Labute approximate surface area is 133 Å². The summed E-state index contributed by atoms with van der Waals surface area (Å²) in [7, 11) is 0. The number of hydrogen-bond acceptors (Lipinski definition) is 2. The highest BCUT2D eigenvalue weighted by atomic mass is 35.5. The molecule has 112 valence electrons. The van der Waals surface area contributed by atoms with Gasteiger partial charge >= 0.3 is 0 Å². The molecule has 0 unspecified atom stereocenters. The van der Waals surface area contributed by atoms with Crippen molar-refractivity contribution < 1.29 is 9.59 Å². The van der Waals surface area contributed by atoms with Crippen LogP contribution in [-0.4, -0.2) is 17.9 Å². The summed E-state index contributed by atoms with van der Waals surface area (Å²) in [5, 5.41) is 6.27. The van der Waals surface area contributed by atoms with Crippen LogP contribution in [0.15, 0.2) is 48.5 Å². The maximum Gasteiger partial charge on any atom is 0.255 e. The third-order valence-corrected chi connectivity index (χ3v) is 3.69. The highest BCUT2D eigenvalue weighted by Crippen LogP contribution is 2.22. The third-order valence-electron chi connectivity index (χ3n) is 3.44. The zero-order valence-electron chi connectivity index (χ0n) is 11.8. The molecular weight excluding hydrogens is 300 g/mol. The van der Waals surface area contributed by atoms with Gasteiger partial charge in [0.15, 0.2) is 0 Å². The van der Waals surface area contributed by atoms with Gasteiger partial charge < -0.3 is 10.6 Å². The summed E-state index contributed by atoms with van der Waals surface area (Å²) < 4.78 is 0. The number of carbonyl (C=O) groups is 2. The summed E-state index contributed by atoms with van der Waals surface area (Å²) in [6.45, 7) is 0. The minimum atomic E-state index is -0.275. The van der Waals surface area contributed by atoms with Crippen LogP contribution in [0, 0.1) is 0 Å². The molecule has 2 amide bonds. The van der Waals surface area contributed by atoms with Crippen LogP contribution in [0.1, 0.15) is 33.6 Å². The number of amides is 2. The van der Waals surface area contributed by atoms with E-state index in [2.05, 4.69) is 10.6 Å². The lowest BCUT2D eigenvalue weighted by Crippen LogP contribution is -2.27. The second kappa shape index (κ2) is 6.20. The molecule has 22 heavy (non-hydrogen) atoms. The third kappa shape index (κ3) is 3.46. The summed E-state index contributed by atoms with van der Waals surface area (Å²) in [5.41, 5.74) is 1.46. The average Bonchev–Trinajstić information content (AvgIpc) is 3.32. The zero-order chi connectivity index (χ0) is 15.5. The fraction of sp³-hybridized carbons (Fsp3) is 0.176. The van der Waals surface area contributed by atoms with Crippen molar-refractivity contribution in [2.75, 3.05) is 5.32 Å². The standard InChI is InChI=1S/C17H15ClN2O2/c18-12-7-5-11(6-8-12)16(21)20-15-4-2-1-3-14(15)17(22)19-13-9-10-13/h1-8,13H,9-10H2,(H,19,22)(H,20,21). The minimum absolute atomic E-state index is 0.158. The summed E-state index contributed by atoms with van der Waals surface area (Å²) >= 11 is 5.81. The monoisotopic (exact) mass is 314 g/mol. The number of anilines is 1. The van der Waals surface area contributed by atoms with Crippen LogP contribution in [0.4, 0.5) is 5.69 Å². The lowest BCUT2D eigenvalue weighted by Gasteiger charge is -2.11. The molecule has 0 bridgehead atoms. The molecule has 1 aliphatic carbocycles. The number of nitrogens with one attached hydrogen (secondary N) is 2. The normalized spacial score (nSPS) is 13.5. The molecular formula is C17H15ClN2O2. The van der Waals surface area contributed by atoms with E-state index in [-0.39, 0.29) is 17.9 Å². The highest BCUT2D eigenvalue weighted by molar-refractivity contribution is 6.30. The van der Waals surface area contributed by atoms with Crippen LogP contribution in [0.25, 0.3) is 0 Å². The van der Waals surface area contributed by atoms with Crippen LogP contribution in [0.3, 0.4) is 0 Å². The van der Waals surface area contributed by atoms with Crippen molar-refractivity contribution in [3.05, 3.63) is 64.7 Å². The van der Waals surface area contributed by atoms with Gasteiger partial charge in [0.25, 0.3) is 11.8 Å². The molecule has 1 saturated carbocycles. The molecule has 2 aromatic carbocycles. The fourth-order valence-corrected chi connectivity index (χ4v) is 2.20. The Kier molecular flexibility index (Phi) is 4.11. The molecule has 1 aliphatic rings. The topological polar surface area (TPSA) is 58.2 Å². The first kappa shape index (κ1) is 14.6. The molecule has 0 aromatic heterocycles. The lowest BCUT2D eigenvalue weighted by atomic mass is 10.1. The van der Waals surface area contributed by atoms with Crippen LogP contribution in [-0.2, 0) is 0 Å². The minimum Gasteiger partial charge on any atom is -0.349 e. The molecule has 5 heteroatoms. The van der Waals surface area contributed by atoms with Gasteiger partial charge in [-0.15, -0.1) is 0 Å². The SMILES string of the molecule is O=C(Nc1ccccc1C(=O)NC1CC1)c1ccc(Cl)cc1. The van der Waals surface area contributed by atoms with Crippen molar-refractivity contribution in [3.63, 3.8) is 0 Å². The summed E-state index contributed by atoms with van der Waals surface area (Å²) in [6, 6.07) is 13.8. The van der Waals surface area contributed by atoms with Crippen molar-refractivity contribution in [3.8, 4) is 0 Å². The van der Waals surface area contributed by atoms with Gasteiger partial charge in [-0.3, -0.25) is 9.59 Å². The molecule has 0 heterocycles. The Morgan fingerprint density at radius 2 is 1.64 bits per heavy atom. The fourth-order valence-electron chi connectivity index (χ4n) is 2.08. The number of benzene rings is 2. The largest absolute Gasteiger partial charge is 0.349 e. The molecule has 0 atom stereocenters. The quantitative estimate of drug-likeness (QED) is 0.907. The van der Waals surface area contributed by atoms with Crippen LogP contribution in [0.2, 0.25) is 5.02 Å². The predicted octanol–water partition coefficient (Wildman–Crippen LogP) is 3.48. The van der Waals surface area contributed by atoms with Gasteiger partial charge in [-0.05, 0) is 49.2 Å². The Morgan fingerprint density at radius 1 is 0.955 bits per heavy atom. The van der Waals surface area contributed by atoms with Crippen molar-refractivity contribution >= 4 is 29.1 Å². The molecule has 2 N–H and O–H groups in total. The smallest absolute Gasteiger partial charge is 0.255 e. The van der Waals surface area contributed by atoms with E-state index >= 15 is 0 Å². The van der Waals surface area contributed by atoms with E-state index in [0.717, 1.165) is 12.8 Å². The zero-order valence-corrected chi connectivity index (χ0v) is 12.6. The van der Waals surface area contributed by atoms with Crippen molar-refractivity contribution in [2.24, 2.45) is 0 Å². The van der Waals surface area contributed by atoms with Gasteiger partial charge in [0.05, 0.1) is 11.3 Å². The van der Waals surface area contributed by atoms with Crippen LogP contribution in [0.5, 0.6) is 0 Å². The molecule has 0 saturated heterocycles. The highest BCUT2D eigenvalue weighted by Gasteiger charge is 2.25. The molecule has 4 nitrogen and oxygen atoms in total.